The first-order valence-electron chi connectivity index (χ1n) is 8.33. The molecule has 0 aromatic carbocycles. The third kappa shape index (κ3) is 9.17. The van der Waals surface area contributed by atoms with Crippen LogP contribution in [0, 0.1) is 0 Å². The van der Waals surface area contributed by atoms with Crippen LogP contribution in [0.3, 0.4) is 0 Å². The Morgan fingerprint density at radius 3 is 2.10 bits per heavy atom. The summed E-state index contributed by atoms with van der Waals surface area (Å²) in [5, 5.41) is 20.2. The molecule has 0 unspecified atom stereocenters. The lowest BCUT2D eigenvalue weighted by Crippen LogP contribution is -2.20. The molecule has 1 heterocycles. The number of unbranched alkanes of at least 4 members (excludes halogenated alkanes) is 9. The van der Waals surface area contributed by atoms with E-state index in [0.29, 0.717) is 5.06 Å². The molecule has 0 fully saturated rings. The fraction of sp³-hybridized carbons (Fsp3) is 0.750. The quantitative estimate of drug-likeness (QED) is 0.415. The van der Waals surface area contributed by atoms with Crippen LogP contribution in [0.15, 0.2) is 11.4 Å². The number of hydrogen-bond donors (Lipinski definition) is 2. The molecule has 0 amide bonds. The standard InChI is InChI=1S/C16H29BO3S/c1-2-3-4-5-6-7-8-9-10-11-12-15-13-14-21-16(15)20-17(18)19/h13-14,18-19H,2-12H2,1H3. The second-order valence-corrected chi connectivity index (χ2v) is 6.49. The lowest BCUT2D eigenvalue weighted by molar-refractivity contribution is 0.290. The summed E-state index contributed by atoms with van der Waals surface area (Å²) in [5.74, 6) is 0. The molecule has 0 bridgehead atoms. The molecule has 1 aromatic heterocycles. The highest BCUT2D eigenvalue weighted by Gasteiger charge is 2.15. The van der Waals surface area contributed by atoms with E-state index in [9.17, 15) is 0 Å². The Bertz CT molecular complexity index is 355. The normalized spacial score (nSPS) is 10.8. The molecule has 0 aliphatic carbocycles. The molecule has 3 nitrogen and oxygen atoms in total. The van der Waals surface area contributed by atoms with Crippen LogP contribution in [-0.2, 0) is 6.42 Å². The van der Waals surface area contributed by atoms with Crippen LogP contribution in [0.4, 0.5) is 0 Å². The number of aryl methyl sites for hydroxylation is 1. The van der Waals surface area contributed by atoms with E-state index < -0.39 is 7.32 Å². The predicted molar refractivity (Wildman–Crippen MR) is 90.7 cm³/mol. The van der Waals surface area contributed by atoms with E-state index in [1.807, 2.05) is 11.4 Å². The second kappa shape index (κ2) is 12.1. The Morgan fingerprint density at radius 2 is 1.52 bits per heavy atom. The van der Waals surface area contributed by atoms with Gasteiger partial charge in [0.2, 0.25) is 0 Å². The molecule has 0 aliphatic heterocycles. The van der Waals surface area contributed by atoms with E-state index in [1.165, 1.54) is 69.1 Å². The van der Waals surface area contributed by atoms with E-state index in [2.05, 4.69) is 6.92 Å². The molecule has 0 aliphatic rings. The molecule has 0 atom stereocenters. The van der Waals surface area contributed by atoms with Gasteiger partial charge in [-0.3, -0.25) is 0 Å². The highest BCUT2D eigenvalue weighted by atomic mass is 32.1. The maximum atomic E-state index is 8.83. The first-order chi connectivity index (χ1) is 10.2. The van der Waals surface area contributed by atoms with Crippen LogP contribution in [-0.4, -0.2) is 17.4 Å². The minimum atomic E-state index is -1.71. The summed E-state index contributed by atoms with van der Waals surface area (Å²) in [7, 11) is -1.71. The van der Waals surface area contributed by atoms with Gasteiger partial charge in [-0.05, 0) is 24.3 Å². The zero-order chi connectivity index (χ0) is 15.3. The molecule has 0 radical (unpaired) electrons. The van der Waals surface area contributed by atoms with Gasteiger partial charge < -0.3 is 14.7 Å². The van der Waals surface area contributed by atoms with Gasteiger partial charge in [0, 0.05) is 5.56 Å². The first-order valence-corrected chi connectivity index (χ1v) is 9.21. The Kier molecular flexibility index (Phi) is 10.7. The van der Waals surface area contributed by atoms with Crippen LogP contribution >= 0.6 is 11.3 Å². The summed E-state index contributed by atoms with van der Waals surface area (Å²) in [6.45, 7) is 2.26. The zero-order valence-electron chi connectivity index (χ0n) is 13.2. The molecule has 5 heteroatoms. The van der Waals surface area contributed by atoms with Crippen molar-refractivity contribution in [1.82, 2.24) is 0 Å². The lowest BCUT2D eigenvalue weighted by atomic mass is 10.0. The maximum absolute atomic E-state index is 8.83. The van der Waals surface area contributed by atoms with Crippen molar-refractivity contribution in [3.8, 4) is 5.06 Å². The van der Waals surface area contributed by atoms with Gasteiger partial charge in [0.05, 0.1) is 0 Å². The Hall–Kier alpha value is -0.515. The zero-order valence-corrected chi connectivity index (χ0v) is 14.0. The topological polar surface area (TPSA) is 49.7 Å². The summed E-state index contributed by atoms with van der Waals surface area (Å²) in [5.41, 5.74) is 1.09. The average Bonchev–Trinajstić information content (AvgIpc) is 2.87. The summed E-state index contributed by atoms with van der Waals surface area (Å²) in [4.78, 5) is 0. The van der Waals surface area contributed by atoms with Gasteiger partial charge in [0.1, 0.15) is 0 Å². The molecule has 0 spiro atoms. The van der Waals surface area contributed by atoms with E-state index in [1.54, 1.807) is 0 Å². The second-order valence-electron chi connectivity index (χ2n) is 5.61. The van der Waals surface area contributed by atoms with Gasteiger partial charge in [-0.1, -0.05) is 64.7 Å². The highest BCUT2D eigenvalue weighted by Crippen LogP contribution is 2.28. The third-order valence-corrected chi connectivity index (χ3v) is 4.56. The minimum Gasteiger partial charge on any atom is -0.504 e. The van der Waals surface area contributed by atoms with Gasteiger partial charge in [-0.15, -0.1) is 11.3 Å². The molecule has 0 saturated heterocycles. The average molecular weight is 312 g/mol. The van der Waals surface area contributed by atoms with Crippen LogP contribution in [0.1, 0.15) is 76.7 Å². The Labute approximate surface area is 133 Å². The summed E-state index contributed by atoms with van der Waals surface area (Å²) in [6, 6.07) is 2.01. The molecule has 1 aromatic rings. The summed E-state index contributed by atoms with van der Waals surface area (Å²) >= 11 is 1.42. The van der Waals surface area contributed by atoms with Gasteiger partial charge in [-0.2, -0.15) is 0 Å². The van der Waals surface area contributed by atoms with Crippen molar-refractivity contribution in [3.63, 3.8) is 0 Å². The van der Waals surface area contributed by atoms with E-state index in [0.717, 1.165) is 18.4 Å². The monoisotopic (exact) mass is 312 g/mol. The molecule has 21 heavy (non-hydrogen) atoms. The van der Waals surface area contributed by atoms with E-state index in [-0.39, 0.29) is 0 Å². The van der Waals surface area contributed by atoms with Crippen LogP contribution in [0.5, 0.6) is 5.06 Å². The third-order valence-electron chi connectivity index (χ3n) is 3.72. The van der Waals surface area contributed by atoms with Gasteiger partial charge in [0.15, 0.2) is 5.06 Å². The highest BCUT2D eigenvalue weighted by molar-refractivity contribution is 7.12. The minimum absolute atomic E-state index is 0.640. The van der Waals surface area contributed by atoms with Crippen molar-refractivity contribution >= 4 is 18.7 Å². The lowest BCUT2D eigenvalue weighted by Gasteiger charge is -2.06. The van der Waals surface area contributed by atoms with E-state index in [4.69, 9.17) is 14.7 Å². The summed E-state index contributed by atoms with van der Waals surface area (Å²) < 4.78 is 4.96. The van der Waals surface area contributed by atoms with Crippen molar-refractivity contribution in [2.45, 2.75) is 77.6 Å². The summed E-state index contributed by atoms with van der Waals surface area (Å²) in [6.07, 6.45) is 14.2. The van der Waals surface area contributed by atoms with Crippen molar-refractivity contribution < 1.29 is 14.7 Å². The van der Waals surface area contributed by atoms with Crippen molar-refractivity contribution in [2.75, 3.05) is 0 Å². The van der Waals surface area contributed by atoms with Crippen LogP contribution < -0.4 is 4.65 Å². The van der Waals surface area contributed by atoms with E-state index >= 15 is 0 Å². The Morgan fingerprint density at radius 1 is 0.952 bits per heavy atom. The van der Waals surface area contributed by atoms with Crippen LogP contribution in [0.2, 0.25) is 0 Å². The predicted octanol–water partition coefficient (Wildman–Crippen LogP) is 4.56. The first kappa shape index (κ1) is 18.5. The molecular formula is C16H29BO3S. The van der Waals surface area contributed by atoms with Crippen LogP contribution in [0.25, 0.3) is 0 Å². The molecule has 120 valence electrons. The maximum Gasteiger partial charge on any atom is 0.708 e. The molecule has 1 rings (SSSR count). The number of hydrogen-bond acceptors (Lipinski definition) is 4. The Balaban J connectivity index is 1.98. The van der Waals surface area contributed by atoms with Crippen molar-refractivity contribution in [3.05, 3.63) is 17.0 Å². The smallest absolute Gasteiger partial charge is 0.504 e. The molecule has 0 saturated carbocycles. The fourth-order valence-corrected chi connectivity index (χ4v) is 3.33. The van der Waals surface area contributed by atoms with Crippen molar-refractivity contribution in [2.24, 2.45) is 0 Å². The number of thiophene rings is 1. The van der Waals surface area contributed by atoms with Crippen molar-refractivity contribution in [1.29, 1.82) is 0 Å². The molecular weight excluding hydrogens is 283 g/mol. The largest absolute Gasteiger partial charge is 0.708 e. The van der Waals surface area contributed by atoms with Gasteiger partial charge in [-0.25, -0.2) is 0 Å². The van der Waals surface area contributed by atoms with Gasteiger partial charge in [0.25, 0.3) is 0 Å². The number of rotatable bonds is 13. The fourth-order valence-electron chi connectivity index (χ4n) is 2.51. The SMILES string of the molecule is CCCCCCCCCCCCc1ccsc1OB(O)O. The van der Waals surface area contributed by atoms with Gasteiger partial charge >= 0.3 is 7.32 Å². The molecule has 2 N–H and O–H groups in total.